The summed E-state index contributed by atoms with van der Waals surface area (Å²) in [7, 11) is 0. The van der Waals surface area contributed by atoms with Gasteiger partial charge in [0.25, 0.3) is 0 Å². The first-order valence-electron chi connectivity index (χ1n) is 10.4. The molecule has 2 N–H and O–H groups in total. The molecule has 0 rings (SSSR count). The number of hydrogen-bond acceptors (Lipinski definition) is 5. The molecule has 0 fully saturated rings. The second-order valence-electron chi connectivity index (χ2n) is 6.71. The number of quaternary nitrogens is 2. The quantitative estimate of drug-likeness (QED) is 0.498. The van der Waals surface area contributed by atoms with Gasteiger partial charge in [-0.2, -0.15) is 0 Å². The van der Waals surface area contributed by atoms with E-state index in [0.717, 1.165) is 0 Å². The van der Waals surface area contributed by atoms with Crippen LogP contribution < -0.4 is 15.9 Å². The van der Waals surface area contributed by atoms with Crippen LogP contribution in [0, 0.1) is 0 Å². The minimum Gasteiger partial charge on any atom is -0.550 e. The van der Waals surface area contributed by atoms with Gasteiger partial charge in [0, 0.05) is 18.4 Å². The summed E-state index contributed by atoms with van der Waals surface area (Å²) >= 11 is 0. The zero-order valence-corrected chi connectivity index (χ0v) is 19.0. The fraction of sp³-hybridized carbons (Fsp3) is 0.900. The van der Waals surface area contributed by atoms with Gasteiger partial charge in [-0.15, -0.1) is 0 Å². The van der Waals surface area contributed by atoms with Crippen LogP contribution in [0.3, 0.4) is 0 Å². The number of rotatable bonds is 11. The maximum Gasteiger partial charge on any atom is 0.0757 e. The van der Waals surface area contributed by atoms with Crippen LogP contribution in [0.1, 0.15) is 61.8 Å². The van der Waals surface area contributed by atoms with Crippen molar-refractivity contribution in [1.29, 1.82) is 0 Å². The second-order valence-corrected chi connectivity index (χ2v) is 6.71. The molecular formula is C20H45N3O4. The first-order valence-corrected chi connectivity index (χ1v) is 10.4. The topological polar surface area (TPSA) is 106 Å². The lowest BCUT2D eigenvalue weighted by atomic mass is 10.2. The molecule has 0 aromatic rings. The van der Waals surface area contributed by atoms with Crippen LogP contribution in [0.5, 0.6) is 0 Å². The van der Waals surface area contributed by atoms with E-state index >= 15 is 0 Å². The van der Waals surface area contributed by atoms with Gasteiger partial charge in [0.05, 0.1) is 58.3 Å². The highest BCUT2D eigenvalue weighted by atomic mass is 16.4. The highest BCUT2D eigenvalue weighted by Crippen LogP contribution is 2.03. The number of aliphatic carboxylic acids is 2. The van der Waals surface area contributed by atoms with Crippen LogP contribution >= 0.6 is 0 Å². The van der Waals surface area contributed by atoms with Gasteiger partial charge in [0.15, 0.2) is 0 Å². The molecule has 0 aliphatic rings. The maximum atomic E-state index is 9.71. The molecule has 1 unspecified atom stereocenters. The molecule has 0 radical (unpaired) electrons. The Morgan fingerprint density at radius 2 is 0.889 bits per heavy atom. The van der Waals surface area contributed by atoms with Crippen molar-refractivity contribution in [3.8, 4) is 0 Å². The molecule has 0 aliphatic heterocycles. The van der Waals surface area contributed by atoms with E-state index in [1.54, 1.807) is 0 Å². The maximum absolute atomic E-state index is 9.71. The van der Waals surface area contributed by atoms with Crippen molar-refractivity contribution in [2.24, 2.45) is 5.73 Å². The van der Waals surface area contributed by atoms with Crippen molar-refractivity contribution >= 4 is 11.9 Å². The summed E-state index contributed by atoms with van der Waals surface area (Å²) in [5.74, 6) is -3.08. The van der Waals surface area contributed by atoms with Gasteiger partial charge in [-0.3, -0.25) is 0 Å². The lowest BCUT2D eigenvalue weighted by molar-refractivity contribution is -0.921. The minimum absolute atomic E-state index is 0.706. The van der Waals surface area contributed by atoms with Crippen molar-refractivity contribution in [2.75, 3.05) is 52.4 Å². The van der Waals surface area contributed by atoms with E-state index in [4.69, 9.17) is 5.73 Å². The average Bonchev–Trinajstić information content (AvgIpc) is 2.67. The molecule has 0 amide bonds. The van der Waals surface area contributed by atoms with E-state index in [-0.39, 0.29) is 0 Å². The molecule has 0 aliphatic carbocycles. The smallest absolute Gasteiger partial charge is 0.0757 e. The van der Waals surface area contributed by atoms with E-state index in [2.05, 4.69) is 55.4 Å². The fourth-order valence-corrected chi connectivity index (χ4v) is 2.95. The third-order valence-electron chi connectivity index (χ3n) is 6.06. The van der Waals surface area contributed by atoms with Crippen LogP contribution in [0.4, 0.5) is 0 Å². The second kappa shape index (κ2) is 17.0. The van der Waals surface area contributed by atoms with E-state index in [0.29, 0.717) is 0 Å². The molecule has 7 nitrogen and oxygen atoms in total. The number of hydrogen-bond donors (Lipinski definition) is 1. The molecule has 0 saturated carbocycles. The molecule has 0 bridgehead atoms. The molecule has 0 spiro atoms. The summed E-state index contributed by atoms with van der Waals surface area (Å²) in [6.45, 7) is 28.4. The number of carboxylic acids is 2. The first-order chi connectivity index (χ1) is 12.5. The van der Waals surface area contributed by atoms with Crippen molar-refractivity contribution in [1.82, 2.24) is 0 Å². The van der Waals surface area contributed by atoms with Gasteiger partial charge in [-0.25, -0.2) is 0 Å². The van der Waals surface area contributed by atoms with E-state index < -0.39 is 24.4 Å². The summed E-state index contributed by atoms with van der Waals surface area (Å²) < 4.78 is 2.56. The van der Waals surface area contributed by atoms with Crippen molar-refractivity contribution in [2.45, 2.75) is 67.9 Å². The third-order valence-corrected chi connectivity index (χ3v) is 6.06. The molecular weight excluding hydrogens is 346 g/mol. The highest BCUT2D eigenvalue weighted by molar-refractivity contribution is 5.77. The Bertz CT molecular complexity index is 326. The van der Waals surface area contributed by atoms with E-state index in [9.17, 15) is 19.8 Å². The normalized spacial score (nSPS) is 12.2. The lowest BCUT2D eigenvalue weighted by Crippen LogP contribution is -2.47. The predicted octanol–water partition coefficient (Wildman–Crippen LogP) is -0.0308. The Balaban J connectivity index is -0.000000320. The van der Waals surface area contributed by atoms with Crippen LogP contribution in [-0.4, -0.2) is 79.3 Å². The van der Waals surface area contributed by atoms with Crippen LogP contribution in [0.25, 0.3) is 0 Å². The van der Waals surface area contributed by atoms with Crippen LogP contribution in [-0.2, 0) is 9.59 Å². The van der Waals surface area contributed by atoms with Gasteiger partial charge in [0.1, 0.15) is 0 Å². The number of carboxylic acid groups (broad SMARTS) is 2. The summed E-state index contributed by atoms with van der Waals surface area (Å²) in [6, 6.07) is -1.46. The minimum atomic E-state index is -1.58. The Morgan fingerprint density at radius 1 is 0.667 bits per heavy atom. The van der Waals surface area contributed by atoms with Crippen molar-refractivity contribution in [3.05, 3.63) is 0 Å². The number of nitrogens with two attached hydrogens (primary N) is 1. The molecule has 0 aromatic heterocycles. The monoisotopic (exact) mass is 391 g/mol. The van der Waals surface area contributed by atoms with Gasteiger partial charge in [-0.1, -0.05) is 0 Å². The zero-order chi connectivity index (χ0) is 22.1. The Hall–Kier alpha value is -1.18. The fourth-order valence-electron chi connectivity index (χ4n) is 2.95. The number of nitrogens with zero attached hydrogens (tertiary/aromatic N) is 2. The van der Waals surface area contributed by atoms with Crippen molar-refractivity contribution < 1.29 is 28.8 Å². The highest BCUT2D eigenvalue weighted by Gasteiger charge is 2.16. The summed E-state index contributed by atoms with van der Waals surface area (Å²) in [4.78, 5) is 19.3. The largest absolute Gasteiger partial charge is 0.550 e. The molecule has 164 valence electrons. The van der Waals surface area contributed by atoms with Crippen LogP contribution in [0.15, 0.2) is 0 Å². The molecule has 7 heteroatoms. The molecule has 0 heterocycles. The molecule has 1 atom stereocenters. The average molecular weight is 392 g/mol. The Labute approximate surface area is 167 Å². The molecule has 0 aromatic carbocycles. The molecule has 27 heavy (non-hydrogen) atoms. The standard InChI is InChI=1S/2C8H20N.C4H7NO4/c2*1-5-9(6-2,7-3)8-4;5-2(4(8)9)1-3(6)7/h2*5-8H2,1-4H3;2H,1,5H2,(H,6,7)(H,8,9)/q2*+1;/p-2. The Kier molecular flexibility index (Phi) is 19.2. The van der Waals surface area contributed by atoms with E-state index in [1.807, 2.05) is 0 Å². The van der Waals surface area contributed by atoms with Crippen molar-refractivity contribution in [3.63, 3.8) is 0 Å². The first kappa shape index (κ1) is 30.5. The lowest BCUT2D eigenvalue weighted by Gasteiger charge is -2.34. The van der Waals surface area contributed by atoms with Gasteiger partial charge >= 0.3 is 0 Å². The van der Waals surface area contributed by atoms with E-state index in [1.165, 1.54) is 61.3 Å². The van der Waals surface area contributed by atoms with Gasteiger partial charge < -0.3 is 34.5 Å². The Morgan fingerprint density at radius 3 is 0.926 bits per heavy atom. The summed E-state index contributed by atoms with van der Waals surface area (Å²) in [5.41, 5.74) is 4.73. The number of carbonyl (C=O) groups excluding carboxylic acids is 2. The SMILES string of the molecule is CC[N+](CC)(CC)CC.CC[N+](CC)(CC)CC.NC(CC(=O)[O-])C(=O)[O-]. The summed E-state index contributed by atoms with van der Waals surface area (Å²) in [5, 5.41) is 19.3. The zero-order valence-electron chi connectivity index (χ0n) is 19.0. The van der Waals surface area contributed by atoms with Gasteiger partial charge in [0.2, 0.25) is 0 Å². The summed E-state index contributed by atoms with van der Waals surface area (Å²) in [6.07, 6.45) is -0.706. The molecule has 0 saturated heterocycles. The van der Waals surface area contributed by atoms with Crippen LogP contribution in [0.2, 0.25) is 0 Å². The third kappa shape index (κ3) is 13.6. The van der Waals surface area contributed by atoms with Gasteiger partial charge in [-0.05, 0) is 55.4 Å². The predicted molar refractivity (Wildman–Crippen MR) is 107 cm³/mol. The number of carbonyl (C=O) groups is 2.